The van der Waals surface area contributed by atoms with E-state index < -0.39 is 0 Å². The van der Waals surface area contributed by atoms with Crippen molar-refractivity contribution in [2.75, 3.05) is 25.4 Å². The number of hydrogen-bond donors (Lipinski definition) is 2. The fraction of sp³-hybridized carbons (Fsp3) is 0.323. The molecule has 4 aliphatic rings. The zero-order chi connectivity index (χ0) is 25.7. The second kappa shape index (κ2) is 9.19. The minimum atomic E-state index is -0.347. The minimum absolute atomic E-state index is 0.347. The molecular weight excluding hydrogens is 470 g/mol. The smallest absolute Gasteiger partial charge is 0.161 e. The first-order valence-corrected chi connectivity index (χ1v) is 13.6. The molecule has 0 spiro atoms. The molecule has 1 aliphatic carbocycles. The highest BCUT2D eigenvalue weighted by Gasteiger charge is 2.35. The molecule has 6 heterocycles. The summed E-state index contributed by atoms with van der Waals surface area (Å²) in [5.74, 6) is 1.27. The number of aromatic nitrogens is 4. The Morgan fingerprint density at radius 3 is 2.66 bits per heavy atom. The number of nitrogens with two attached hydrogens (primary N) is 1. The highest BCUT2D eigenvalue weighted by atomic mass is 15.2. The molecule has 0 saturated carbocycles. The van der Waals surface area contributed by atoms with Crippen LogP contribution in [0.25, 0.3) is 33.8 Å². The third-order valence-corrected chi connectivity index (χ3v) is 8.45. The van der Waals surface area contributed by atoms with Crippen molar-refractivity contribution in [3.8, 4) is 22.6 Å². The van der Waals surface area contributed by atoms with Gasteiger partial charge < -0.3 is 11.1 Å². The second-order valence-corrected chi connectivity index (χ2v) is 11.1. The Morgan fingerprint density at radius 2 is 1.95 bits per heavy atom. The zero-order valence-electron chi connectivity index (χ0n) is 21.7. The van der Waals surface area contributed by atoms with Gasteiger partial charge in [-0.25, -0.2) is 15.0 Å². The van der Waals surface area contributed by atoms with Crippen molar-refractivity contribution in [1.29, 1.82) is 0 Å². The number of pyridine rings is 2. The van der Waals surface area contributed by atoms with Gasteiger partial charge in [0.2, 0.25) is 0 Å². The van der Waals surface area contributed by atoms with Crippen molar-refractivity contribution < 1.29 is 0 Å². The van der Waals surface area contributed by atoms with Gasteiger partial charge in [0.15, 0.2) is 5.65 Å². The third kappa shape index (κ3) is 4.03. The van der Waals surface area contributed by atoms with Gasteiger partial charge in [0.05, 0.1) is 16.8 Å². The van der Waals surface area contributed by atoms with Crippen LogP contribution in [0.3, 0.4) is 0 Å². The highest BCUT2D eigenvalue weighted by molar-refractivity contribution is 5.83. The van der Waals surface area contributed by atoms with Crippen molar-refractivity contribution >= 4 is 17.0 Å². The summed E-state index contributed by atoms with van der Waals surface area (Å²) in [6, 6.07) is 19.6. The number of nitrogens with zero attached hydrogens (tertiary/aromatic N) is 5. The van der Waals surface area contributed by atoms with Gasteiger partial charge in [-0.05, 0) is 56.0 Å². The average molecular weight is 504 g/mol. The van der Waals surface area contributed by atoms with E-state index >= 15 is 0 Å². The SMILES string of the molecule is CC1(n2c(-c3cccnc3N)nc3ccc(-c4ccccc4)nc32)C=CC(CN2CC3CCC2CN3)=CC1. The third-order valence-electron chi connectivity index (χ3n) is 8.45. The maximum Gasteiger partial charge on any atom is 0.161 e. The lowest BCUT2D eigenvalue weighted by Gasteiger charge is -2.46. The molecular formula is C31H33N7. The number of hydrogen-bond acceptors (Lipinski definition) is 6. The largest absolute Gasteiger partial charge is 0.383 e. The van der Waals surface area contributed by atoms with E-state index in [1.54, 1.807) is 6.20 Å². The van der Waals surface area contributed by atoms with Crippen LogP contribution in [0.15, 0.2) is 84.6 Å². The Bertz CT molecular complexity index is 1550. The van der Waals surface area contributed by atoms with Gasteiger partial charge in [-0.15, -0.1) is 0 Å². The molecule has 7 heteroatoms. The maximum atomic E-state index is 6.37. The average Bonchev–Trinajstić information content (AvgIpc) is 3.35. The van der Waals surface area contributed by atoms with Crippen LogP contribution < -0.4 is 11.1 Å². The normalized spacial score (nSPS) is 25.1. The molecule has 0 radical (unpaired) electrons. The van der Waals surface area contributed by atoms with Gasteiger partial charge in [0.25, 0.3) is 0 Å². The van der Waals surface area contributed by atoms with Gasteiger partial charge in [-0.2, -0.15) is 0 Å². The van der Waals surface area contributed by atoms with Gasteiger partial charge in [-0.3, -0.25) is 9.47 Å². The summed E-state index contributed by atoms with van der Waals surface area (Å²) in [5, 5.41) is 3.67. The number of rotatable bonds is 5. The minimum Gasteiger partial charge on any atom is -0.383 e. The quantitative estimate of drug-likeness (QED) is 0.408. The lowest BCUT2D eigenvalue weighted by Crippen LogP contribution is -2.61. The number of piperazine rings is 1. The van der Waals surface area contributed by atoms with E-state index in [0.717, 1.165) is 59.9 Å². The molecule has 38 heavy (non-hydrogen) atoms. The molecule has 7 nitrogen and oxygen atoms in total. The number of nitrogen functional groups attached to an aromatic ring is 1. The van der Waals surface area contributed by atoms with Crippen LogP contribution in [0.5, 0.6) is 0 Å². The molecule has 1 aromatic carbocycles. The predicted molar refractivity (Wildman–Crippen MR) is 152 cm³/mol. The molecule has 3 fully saturated rings. The van der Waals surface area contributed by atoms with E-state index in [9.17, 15) is 0 Å². The van der Waals surface area contributed by atoms with E-state index in [0.29, 0.717) is 17.9 Å². The Balaban J connectivity index is 1.29. The highest BCUT2D eigenvalue weighted by Crippen LogP contribution is 2.38. The zero-order valence-corrected chi connectivity index (χ0v) is 21.7. The molecule has 3 aromatic heterocycles. The van der Waals surface area contributed by atoms with E-state index in [-0.39, 0.29) is 5.54 Å². The van der Waals surface area contributed by atoms with E-state index in [1.807, 2.05) is 36.4 Å². The lowest BCUT2D eigenvalue weighted by atomic mass is 9.88. The fourth-order valence-electron chi connectivity index (χ4n) is 6.27. The van der Waals surface area contributed by atoms with Crippen molar-refractivity contribution in [3.63, 3.8) is 0 Å². The molecule has 3 unspecified atom stereocenters. The number of fused-ring (bicyclic) bond motifs is 4. The molecule has 3 saturated heterocycles. The summed E-state index contributed by atoms with van der Waals surface area (Å²) in [5.41, 5.74) is 12.0. The van der Waals surface area contributed by atoms with Crippen LogP contribution in [-0.4, -0.2) is 56.1 Å². The fourth-order valence-corrected chi connectivity index (χ4v) is 6.27. The molecule has 0 amide bonds. The molecule has 192 valence electrons. The summed E-state index contributed by atoms with van der Waals surface area (Å²) in [6.45, 7) is 5.54. The molecule has 3 N–H and O–H groups in total. The van der Waals surface area contributed by atoms with Crippen LogP contribution >= 0.6 is 0 Å². The summed E-state index contributed by atoms with van der Waals surface area (Å²) >= 11 is 0. The number of piperidine rings is 2. The Labute approximate surface area is 223 Å². The van der Waals surface area contributed by atoms with Gasteiger partial charge in [0, 0.05) is 43.5 Å². The number of imidazole rings is 1. The van der Waals surface area contributed by atoms with Crippen molar-refractivity contribution in [2.45, 2.75) is 43.8 Å². The van der Waals surface area contributed by atoms with Crippen LogP contribution in [-0.2, 0) is 5.54 Å². The van der Waals surface area contributed by atoms with Gasteiger partial charge >= 0.3 is 0 Å². The topological polar surface area (TPSA) is 84.9 Å². The molecule has 8 rings (SSSR count). The van der Waals surface area contributed by atoms with Crippen molar-refractivity contribution in [3.05, 3.63) is 84.6 Å². The van der Waals surface area contributed by atoms with E-state index in [2.05, 4.69) is 63.1 Å². The number of benzene rings is 1. The van der Waals surface area contributed by atoms with Crippen LogP contribution in [0, 0.1) is 0 Å². The summed E-state index contributed by atoms with van der Waals surface area (Å²) < 4.78 is 2.26. The monoisotopic (exact) mass is 503 g/mol. The van der Waals surface area contributed by atoms with Gasteiger partial charge in [-0.1, -0.05) is 48.6 Å². The first-order chi connectivity index (χ1) is 18.6. The van der Waals surface area contributed by atoms with Crippen LogP contribution in [0.4, 0.5) is 5.82 Å². The second-order valence-electron chi connectivity index (χ2n) is 11.1. The first-order valence-electron chi connectivity index (χ1n) is 13.6. The Morgan fingerprint density at radius 1 is 1.05 bits per heavy atom. The molecule has 3 atom stereocenters. The molecule has 2 bridgehead atoms. The predicted octanol–water partition coefficient (Wildman–Crippen LogP) is 4.78. The first kappa shape index (κ1) is 23.3. The maximum absolute atomic E-state index is 6.37. The summed E-state index contributed by atoms with van der Waals surface area (Å²) in [7, 11) is 0. The Kier molecular flexibility index (Phi) is 5.64. The van der Waals surface area contributed by atoms with Crippen molar-refractivity contribution in [2.24, 2.45) is 0 Å². The number of anilines is 1. The standard InChI is InChI=1S/C31H33N7/c1-31(15-13-21(14-16-31)19-37-20-23-9-10-24(37)18-34-23)38-29(25-8-5-17-33-28(25)32)36-27-12-11-26(35-30(27)38)22-6-3-2-4-7-22/h2-8,11-15,17,23-24,34H,9-10,16,18-20H2,1H3,(H2,32,33). The summed E-state index contributed by atoms with van der Waals surface area (Å²) in [4.78, 5) is 17.2. The number of nitrogens with one attached hydrogen (secondary N) is 1. The van der Waals surface area contributed by atoms with Gasteiger partial charge in [0.1, 0.15) is 17.2 Å². The van der Waals surface area contributed by atoms with Crippen molar-refractivity contribution in [1.82, 2.24) is 29.7 Å². The lowest BCUT2D eigenvalue weighted by molar-refractivity contribution is 0.0848. The van der Waals surface area contributed by atoms with Crippen LogP contribution in [0.1, 0.15) is 26.2 Å². The van der Waals surface area contributed by atoms with E-state index in [4.69, 9.17) is 15.7 Å². The van der Waals surface area contributed by atoms with Crippen LogP contribution in [0.2, 0.25) is 0 Å². The molecule has 4 aromatic rings. The number of allylic oxidation sites excluding steroid dienone is 2. The Hall–Kier alpha value is -3.81. The summed E-state index contributed by atoms with van der Waals surface area (Å²) in [6.07, 6.45) is 12.2. The molecule has 3 aliphatic heterocycles. The van der Waals surface area contributed by atoms with E-state index in [1.165, 1.54) is 18.4 Å².